The molecule has 0 aromatic heterocycles. The molecular weight excluding hydrogens is 755 g/mol. The Balaban J connectivity index is 4.63. The van der Waals surface area contributed by atoms with E-state index in [1.807, 2.05) is 0 Å². The van der Waals surface area contributed by atoms with Gasteiger partial charge >= 0.3 is 5.97 Å². The fourth-order valence-electron chi connectivity index (χ4n) is 7.67. The number of aliphatic hydroxyl groups is 2. The van der Waals surface area contributed by atoms with Crippen molar-refractivity contribution in [3.63, 3.8) is 0 Å². The molecule has 354 valence electrons. The number of ether oxygens (including phenoxy) is 1. The summed E-state index contributed by atoms with van der Waals surface area (Å²) in [7, 11) is 0. The summed E-state index contributed by atoms with van der Waals surface area (Å²) in [4.78, 5) is 26.1. The number of carbonyl (C=O) groups is 2. The van der Waals surface area contributed by atoms with Crippen LogP contribution in [0.5, 0.6) is 0 Å². The summed E-state index contributed by atoms with van der Waals surface area (Å²) in [5.74, 6) is -0.507. The van der Waals surface area contributed by atoms with Crippen LogP contribution in [0.15, 0.2) is 60.8 Å². The highest BCUT2D eigenvalue weighted by Gasteiger charge is 2.24. The molecule has 1 amide bonds. The molecule has 0 aliphatic carbocycles. The number of amides is 1. The highest BCUT2D eigenvalue weighted by molar-refractivity contribution is 5.77. The van der Waals surface area contributed by atoms with Crippen molar-refractivity contribution in [3.05, 3.63) is 60.8 Å². The van der Waals surface area contributed by atoms with Crippen molar-refractivity contribution in [2.24, 2.45) is 0 Å². The lowest BCUT2D eigenvalue weighted by Crippen LogP contribution is -2.46. The Morgan fingerprint density at radius 3 is 1.48 bits per heavy atom. The van der Waals surface area contributed by atoms with Crippen LogP contribution in [0.2, 0.25) is 0 Å². The van der Waals surface area contributed by atoms with Gasteiger partial charge in [0.1, 0.15) is 6.10 Å². The molecule has 61 heavy (non-hydrogen) atoms. The zero-order valence-corrected chi connectivity index (χ0v) is 40.3. The van der Waals surface area contributed by atoms with E-state index in [0.717, 1.165) is 96.3 Å². The Bertz CT molecular complexity index is 1090. The van der Waals surface area contributed by atoms with Gasteiger partial charge in [-0.15, -0.1) is 0 Å². The lowest BCUT2D eigenvalue weighted by Gasteiger charge is -2.24. The number of aliphatic hydroxyl groups excluding tert-OH is 2. The third-order valence-electron chi connectivity index (χ3n) is 11.6. The molecule has 0 saturated carbocycles. The molecule has 0 aliphatic rings. The molecule has 3 unspecified atom stereocenters. The lowest BCUT2D eigenvalue weighted by atomic mass is 10.0. The van der Waals surface area contributed by atoms with Crippen molar-refractivity contribution in [2.75, 3.05) is 6.61 Å². The van der Waals surface area contributed by atoms with Crippen molar-refractivity contribution < 1.29 is 24.5 Å². The number of hydrogen-bond donors (Lipinski definition) is 3. The average molecular weight is 854 g/mol. The minimum atomic E-state index is -0.797. The molecule has 3 N–H and O–H groups in total. The molecule has 0 rings (SSSR count). The maximum Gasteiger partial charge on any atom is 0.306 e. The van der Waals surface area contributed by atoms with E-state index in [2.05, 4.69) is 86.8 Å². The van der Waals surface area contributed by atoms with Gasteiger partial charge in [-0.25, -0.2) is 0 Å². The Labute approximate surface area is 378 Å². The second-order valence-electron chi connectivity index (χ2n) is 17.6. The first-order valence-corrected chi connectivity index (χ1v) is 26.0. The van der Waals surface area contributed by atoms with Crippen molar-refractivity contribution in [1.82, 2.24) is 5.32 Å². The quantitative estimate of drug-likeness (QED) is 0.0245. The summed E-state index contributed by atoms with van der Waals surface area (Å²) in [6.07, 6.45) is 59.9. The van der Waals surface area contributed by atoms with E-state index in [1.165, 1.54) is 109 Å². The topological polar surface area (TPSA) is 95.9 Å². The highest BCUT2D eigenvalue weighted by atomic mass is 16.5. The molecule has 0 aliphatic heterocycles. The monoisotopic (exact) mass is 854 g/mol. The van der Waals surface area contributed by atoms with Crippen LogP contribution >= 0.6 is 0 Å². The summed E-state index contributed by atoms with van der Waals surface area (Å²) in [6, 6.07) is -0.712. The molecule has 0 aromatic rings. The number of esters is 1. The van der Waals surface area contributed by atoms with E-state index < -0.39 is 18.2 Å². The molecule has 0 spiro atoms. The van der Waals surface area contributed by atoms with Gasteiger partial charge in [0.2, 0.25) is 5.91 Å². The van der Waals surface area contributed by atoms with Gasteiger partial charge in [-0.3, -0.25) is 9.59 Å². The fourth-order valence-corrected chi connectivity index (χ4v) is 7.67. The maximum absolute atomic E-state index is 13.2. The van der Waals surface area contributed by atoms with Crippen molar-refractivity contribution in [3.8, 4) is 0 Å². The lowest BCUT2D eigenvalue weighted by molar-refractivity contribution is -0.151. The van der Waals surface area contributed by atoms with Crippen LogP contribution < -0.4 is 5.32 Å². The predicted octanol–water partition coefficient (Wildman–Crippen LogP) is 15.6. The zero-order valence-electron chi connectivity index (χ0n) is 40.3. The summed E-state index contributed by atoms with van der Waals surface area (Å²) in [6.45, 7) is 6.34. The van der Waals surface area contributed by atoms with E-state index in [4.69, 9.17) is 4.74 Å². The van der Waals surface area contributed by atoms with E-state index in [-0.39, 0.29) is 24.9 Å². The van der Waals surface area contributed by atoms with Gasteiger partial charge in [0.25, 0.3) is 0 Å². The van der Waals surface area contributed by atoms with Gasteiger partial charge in [0, 0.05) is 6.42 Å². The summed E-state index contributed by atoms with van der Waals surface area (Å²) in [5.41, 5.74) is 0. The molecule has 0 aromatic carbocycles. The second kappa shape index (κ2) is 48.6. The van der Waals surface area contributed by atoms with Crippen LogP contribution in [0.3, 0.4) is 0 Å². The smallest absolute Gasteiger partial charge is 0.306 e. The summed E-state index contributed by atoms with van der Waals surface area (Å²) >= 11 is 0. The van der Waals surface area contributed by atoms with Crippen molar-refractivity contribution in [1.29, 1.82) is 0 Å². The van der Waals surface area contributed by atoms with E-state index in [0.29, 0.717) is 19.3 Å². The van der Waals surface area contributed by atoms with Crippen LogP contribution in [0.25, 0.3) is 0 Å². The molecule has 0 saturated heterocycles. The van der Waals surface area contributed by atoms with Gasteiger partial charge in [0.05, 0.1) is 25.2 Å². The normalized spacial score (nSPS) is 13.7. The third kappa shape index (κ3) is 44.0. The molecular formula is C55H99NO5. The second-order valence-corrected chi connectivity index (χ2v) is 17.6. The average Bonchev–Trinajstić information content (AvgIpc) is 3.25. The Morgan fingerprint density at radius 2 is 0.934 bits per heavy atom. The molecule has 0 radical (unpaired) electrons. The van der Waals surface area contributed by atoms with Crippen LogP contribution in [0.1, 0.15) is 252 Å². The van der Waals surface area contributed by atoms with E-state index in [1.54, 1.807) is 0 Å². The minimum Gasteiger partial charge on any atom is -0.462 e. The van der Waals surface area contributed by atoms with Gasteiger partial charge in [0.15, 0.2) is 0 Å². The van der Waals surface area contributed by atoms with Crippen LogP contribution in [0.4, 0.5) is 0 Å². The number of allylic oxidation sites excluding steroid dienone is 10. The molecule has 0 bridgehead atoms. The third-order valence-corrected chi connectivity index (χ3v) is 11.6. The number of nitrogens with one attached hydrogen (secondary N) is 1. The largest absolute Gasteiger partial charge is 0.462 e. The Morgan fingerprint density at radius 1 is 0.508 bits per heavy atom. The van der Waals surface area contributed by atoms with Crippen LogP contribution in [-0.2, 0) is 14.3 Å². The van der Waals surface area contributed by atoms with Crippen molar-refractivity contribution in [2.45, 2.75) is 270 Å². The van der Waals surface area contributed by atoms with Crippen LogP contribution in [-0.4, -0.2) is 46.9 Å². The minimum absolute atomic E-state index is 0.0568. The first kappa shape index (κ1) is 58.6. The predicted molar refractivity (Wildman–Crippen MR) is 264 cm³/mol. The van der Waals surface area contributed by atoms with Crippen molar-refractivity contribution >= 4 is 11.9 Å². The van der Waals surface area contributed by atoms with E-state index >= 15 is 0 Å². The fraction of sp³-hybridized carbons (Fsp3) is 0.782. The molecule has 6 heteroatoms. The molecule has 0 heterocycles. The maximum atomic E-state index is 13.2. The standard InChI is InChI=1S/C55H99NO5/c1-4-7-10-13-16-19-22-25-27-30-33-36-39-42-45-48-55(60)61-51(46-43-40-37-34-31-29-26-23-20-17-14-11-8-5-2)49-54(59)56-52(50-57)53(58)47-44-41-38-35-32-28-24-21-18-15-12-9-6-3/h8,11,16-17,19-20,22,25-26,29,51-53,57-58H,4-7,9-10,12-15,18,21,23-24,27-28,30-50H2,1-3H3,(H,56,59)/b11-8+,19-16+,20-17+,25-22+,29-26+. The zero-order chi connectivity index (χ0) is 44.5. The summed E-state index contributed by atoms with van der Waals surface area (Å²) in [5, 5.41) is 23.8. The number of rotatable bonds is 46. The summed E-state index contributed by atoms with van der Waals surface area (Å²) < 4.78 is 5.92. The van der Waals surface area contributed by atoms with Gasteiger partial charge in [-0.2, -0.15) is 0 Å². The number of carbonyl (C=O) groups excluding carboxylic acids is 2. The first-order valence-electron chi connectivity index (χ1n) is 26.0. The number of unbranched alkanes of at least 4 members (excludes halogenated alkanes) is 25. The molecule has 3 atom stereocenters. The van der Waals surface area contributed by atoms with Gasteiger partial charge in [-0.1, -0.05) is 216 Å². The number of hydrogen-bond acceptors (Lipinski definition) is 5. The van der Waals surface area contributed by atoms with E-state index in [9.17, 15) is 19.8 Å². The van der Waals surface area contributed by atoms with Gasteiger partial charge < -0.3 is 20.3 Å². The molecule has 6 nitrogen and oxygen atoms in total. The highest BCUT2D eigenvalue weighted by Crippen LogP contribution is 2.17. The van der Waals surface area contributed by atoms with Crippen LogP contribution in [0, 0.1) is 0 Å². The first-order chi connectivity index (χ1) is 30.0. The SMILES string of the molecule is CC/C=C/C/C=C/C/C=C/CCCCCCC(CC(=O)NC(CO)C(O)CCCCCCCCCCCCCCC)OC(=O)CCCCCCCC/C=C/C=C/CCCCC. The molecule has 0 fully saturated rings. The Hall–Kier alpha value is -2.44. The van der Waals surface area contributed by atoms with Gasteiger partial charge in [-0.05, 0) is 83.5 Å². The Kier molecular flexibility index (Phi) is 46.6.